The zero-order valence-electron chi connectivity index (χ0n) is 59.0. The first-order valence-corrected chi connectivity index (χ1v) is 36.7. The number of nitrogens with zero attached hydrogens (tertiary/aromatic N) is 10. The molecule has 3 aliphatic rings. The minimum atomic E-state index is -1.31. The van der Waals surface area contributed by atoms with E-state index >= 15 is 0 Å². The van der Waals surface area contributed by atoms with Crippen molar-refractivity contribution in [2.45, 2.75) is 143 Å². The topological polar surface area (TPSA) is 402 Å². The lowest BCUT2D eigenvalue weighted by molar-refractivity contribution is -0.157. The Bertz CT molecular complexity index is 6040. The molecule has 6 aromatic heterocycles. The molecule has 3 aliphatic carbocycles. The molecular weight excluding hydrogens is 1980 g/mol. The molecule has 3 fully saturated rings. The van der Waals surface area contributed by atoms with E-state index in [2.05, 4.69) is 15.4 Å². The molecular formula is C77H94F4I4N12O19. The summed E-state index contributed by atoms with van der Waals surface area (Å²) in [5.41, 5.74) is -6.49. The molecule has 0 saturated heterocycles. The number of benzene rings is 4. The second-order valence-electron chi connectivity index (χ2n) is 24.6. The van der Waals surface area contributed by atoms with E-state index in [4.69, 9.17) is 10.2 Å². The number of carbonyl (C=O) groups is 4. The number of pyridine rings is 2. The molecule has 0 bridgehead atoms. The number of hydrogen-bond donors (Lipinski definition) is 6. The zero-order chi connectivity index (χ0) is 81.1. The quantitative estimate of drug-likeness (QED) is 0.0303. The predicted molar refractivity (Wildman–Crippen MR) is 473 cm³/mol. The van der Waals surface area contributed by atoms with E-state index in [1.807, 2.05) is 90.4 Å². The number of esters is 2. The lowest BCUT2D eigenvalue weighted by Crippen LogP contribution is -2.41. The average molecular weight is 2080 g/mol. The van der Waals surface area contributed by atoms with E-state index in [1.165, 1.54) is 117 Å². The fraction of sp³-hybridized carbons (Fsp3) is 0.351. The number of halogens is 8. The summed E-state index contributed by atoms with van der Waals surface area (Å²) in [6.45, 7) is 6.25. The average Bonchev–Trinajstić information content (AvgIpc) is 1.25. The highest BCUT2D eigenvalue weighted by Crippen LogP contribution is 2.37. The van der Waals surface area contributed by atoms with Crippen molar-refractivity contribution in [1.29, 1.82) is 0 Å². The first-order valence-electron chi connectivity index (χ1n) is 32.4. The van der Waals surface area contributed by atoms with Gasteiger partial charge in [-0.1, -0.05) is 52.0 Å². The Hall–Kier alpha value is -10.1. The summed E-state index contributed by atoms with van der Waals surface area (Å²) in [4.78, 5) is 165. The molecule has 4 aromatic carbocycles. The number of nitrogens with one attached hydrogen (secondary N) is 2. The molecule has 632 valence electrons. The maximum absolute atomic E-state index is 14.7. The molecule has 6 heterocycles. The van der Waals surface area contributed by atoms with E-state index in [1.54, 1.807) is 44.4 Å². The van der Waals surface area contributed by atoms with Crippen LogP contribution in [0.4, 0.5) is 29.2 Å². The number of rotatable bonds is 11. The van der Waals surface area contributed by atoms with Gasteiger partial charge in [-0.3, -0.25) is 75.3 Å². The number of carboxylic acid groups (broad SMARTS) is 2. The van der Waals surface area contributed by atoms with Crippen LogP contribution in [0.3, 0.4) is 0 Å². The van der Waals surface area contributed by atoms with Crippen LogP contribution in [0, 0.1) is 57.3 Å². The van der Waals surface area contributed by atoms with Gasteiger partial charge in [-0.25, -0.2) is 55.0 Å². The van der Waals surface area contributed by atoms with Gasteiger partial charge in [-0.2, -0.15) is 0 Å². The fourth-order valence-electron chi connectivity index (χ4n) is 11.1. The summed E-state index contributed by atoms with van der Waals surface area (Å²) in [5, 5.41) is 42.0. The Labute approximate surface area is 716 Å². The van der Waals surface area contributed by atoms with Gasteiger partial charge in [0.2, 0.25) is 0 Å². The van der Waals surface area contributed by atoms with Crippen LogP contribution >= 0.6 is 90.4 Å². The number of aromatic nitrogens is 10. The van der Waals surface area contributed by atoms with Crippen LogP contribution in [0.1, 0.15) is 141 Å². The van der Waals surface area contributed by atoms with Gasteiger partial charge < -0.3 is 35.8 Å². The summed E-state index contributed by atoms with van der Waals surface area (Å²) in [5.74, 6) is -7.78. The van der Waals surface area contributed by atoms with Crippen molar-refractivity contribution in [3.8, 4) is 34.2 Å². The standard InChI is InChI=1S/C18H15FIN3O4.C16H13FIN3O4.2C14H13FIN3O2.C4H6O4.C4H6O3.7CH4/c1-8-14(24)13-15(21(2)16(8)25)23(12-6-3-9(20)7-11(12)19)18(27)22(17(13)26)10-4-5-10;1-7-12(22)11-13(19(2)14(7)23)20(3)16(25)21(15(11)24)10-5-4-8(18)6-9(10)17;1-17-12-7-13(20)18(9-3-4-9)14(21)19(12)11-5-2-8(16)6-10(11)15;1-17-12-7-13(20)19(14(21)18(12)9-3-4-9)11-5-2-8(16)6-10(11)15;1-2(3(5)6)4(7)8;1-3(5)7-4(2)6;;;;;;;/h3,6-7,10,24H,4-5H2,1-2H3;4-6,22H,1-3H3;2*2,5-7,9,17H,3-4H2,1H3;2H,1H3,(H,5,6)(H,7,8);1-2H3;7*1H4. The Morgan fingerprint density at radius 2 is 0.741 bits per heavy atom. The number of hydrogen-bond acceptors (Lipinski definition) is 19. The van der Waals surface area contributed by atoms with Gasteiger partial charge in [-0.05, 0) is 222 Å². The summed E-state index contributed by atoms with van der Waals surface area (Å²) in [6.07, 6.45) is 4.71. The molecule has 0 spiro atoms. The molecule has 0 aliphatic heterocycles. The van der Waals surface area contributed by atoms with Crippen LogP contribution in [0.15, 0.2) is 133 Å². The van der Waals surface area contributed by atoms with Crippen molar-refractivity contribution in [3.63, 3.8) is 0 Å². The van der Waals surface area contributed by atoms with Crippen molar-refractivity contribution in [3.05, 3.63) is 238 Å². The highest BCUT2D eigenvalue weighted by molar-refractivity contribution is 14.1. The molecule has 10 aromatic rings. The van der Waals surface area contributed by atoms with Gasteiger partial charge in [0.1, 0.15) is 68.5 Å². The second kappa shape index (κ2) is 42.7. The number of anilines is 2. The van der Waals surface area contributed by atoms with E-state index < -0.39 is 115 Å². The van der Waals surface area contributed by atoms with Gasteiger partial charge in [0.15, 0.2) is 5.92 Å². The monoisotopic (exact) mass is 2070 g/mol. The first kappa shape index (κ1) is 104. The third-order valence-electron chi connectivity index (χ3n) is 16.9. The SMILES string of the molecule is C.C.C.C.C.C.C.CC(=O)OC(C)=O.CC(C(=O)O)C(=O)O.CNc1cc(=O)n(-c2ccc(I)cc2F)c(=O)n1C1CC1.CNc1cc(=O)n(C2CC2)c(=O)n1-c1ccc(I)cc1F.Cc1c(O)c2c(=O)n(-c3ccc(I)cc3F)c(=O)n(C)c2n(C)c1=O.Cc1c(O)c2c(=O)n(C3CC3)c(=O)n(-c3ccc(I)cc3F)c2n(C)c1=O. The maximum Gasteiger partial charge on any atom is 0.337 e. The smallest absolute Gasteiger partial charge is 0.337 e. The molecule has 0 amide bonds. The van der Waals surface area contributed by atoms with Crippen LogP contribution < -0.4 is 66.7 Å². The van der Waals surface area contributed by atoms with Crippen molar-refractivity contribution in [1.82, 2.24) is 45.7 Å². The molecule has 0 unspecified atom stereocenters. The number of fused-ring (bicyclic) bond motifs is 2. The van der Waals surface area contributed by atoms with Gasteiger partial charge in [0.05, 0.1) is 33.9 Å². The Morgan fingerprint density at radius 1 is 0.422 bits per heavy atom. The molecule has 116 heavy (non-hydrogen) atoms. The van der Waals surface area contributed by atoms with Crippen molar-refractivity contribution in [2.24, 2.45) is 27.1 Å². The van der Waals surface area contributed by atoms with Crippen molar-refractivity contribution in [2.75, 3.05) is 24.7 Å². The number of aromatic hydroxyl groups is 2. The molecule has 0 radical (unpaired) electrons. The molecule has 39 heteroatoms. The lowest BCUT2D eigenvalue weighted by Gasteiger charge is -2.18. The van der Waals surface area contributed by atoms with Crippen LogP contribution in [-0.4, -0.2) is 104 Å². The van der Waals surface area contributed by atoms with E-state index in [0.29, 0.717) is 33.9 Å². The first-order chi connectivity index (χ1) is 51.1. The Morgan fingerprint density at radius 3 is 1.09 bits per heavy atom. The van der Waals surface area contributed by atoms with Crippen LogP contribution in [-0.2, 0) is 45.1 Å². The van der Waals surface area contributed by atoms with Gasteiger partial charge in [0.25, 0.3) is 33.4 Å². The van der Waals surface area contributed by atoms with Crippen LogP contribution in [0.2, 0.25) is 0 Å². The molecule has 31 nitrogen and oxygen atoms in total. The number of carboxylic acids is 2. The highest BCUT2D eigenvalue weighted by atomic mass is 127. The van der Waals surface area contributed by atoms with E-state index in [9.17, 15) is 94.9 Å². The molecule has 6 N–H and O–H groups in total. The van der Waals surface area contributed by atoms with Gasteiger partial charge >= 0.3 is 46.6 Å². The number of aryl methyl sites for hydroxylation is 3. The molecule has 13 rings (SSSR count). The molecule has 0 atom stereocenters. The second-order valence-corrected chi connectivity index (χ2v) is 29.6. The van der Waals surface area contributed by atoms with E-state index in [0.717, 1.165) is 63.6 Å². The Balaban J connectivity index is 0.000000718. The minimum absolute atomic E-state index is 0. The number of aliphatic carboxylic acids is 2. The minimum Gasteiger partial charge on any atom is -0.506 e. The number of carbonyl (C=O) groups excluding carboxylic acids is 2. The van der Waals surface area contributed by atoms with Crippen LogP contribution in [0.5, 0.6) is 11.5 Å². The van der Waals surface area contributed by atoms with Gasteiger partial charge in [0, 0.05) is 93.6 Å². The lowest BCUT2D eigenvalue weighted by atomic mass is 10.2. The normalized spacial score (nSPS) is 12.0. The molecule has 3 saturated carbocycles. The van der Waals surface area contributed by atoms with Crippen LogP contribution in [0.25, 0.3) is 44.8 Å². The fourth-order valence-corrected chi connectivity index (χ4v) is 12.9. The zero-order valence-corrected chi connectivity index (χ0v) is 67.7. The summed E-state index contributed by atoms with van der Waals surface area (Å²) in [6, 6.07) is 19.8. The largest absolute Gasteiger partial charge is 0.506 e. The maximum atomic E-state index is 14.7. The highest BCUT2D eigenvalue weighted by Gasteiger charge is 2.34. The predicted octanol–water partition coefficient (Wildman–Crippen LogP) is 11.7. The number of ether oxygens (including phenoxy) is 1. The Kier molecular flexibility index (Phi) is 38.3. The third kappa shape index (κ3) is 22.2. The van der Waals surface area contributed by atoms with Crippen molar-refractivity contribution < 1.29 is 61.9 Å². The van der Waals surface area contributed by atoms with Gasteiger partial charge in [-0.15, -0.1) is 0 Å². The third-order valence-corrected chi connectivity index (χ3v) is 19.6. The summed E-state index contributed by atoms with van der Waals surface area (Å²) < 4.78 is 74.8. The van der Waals surface area contributed by atoms with E-state index in [-0.39, 0.29) is 137 Å². The van der Waals surface area contributed by atoms with Crippen molar-refractivity contribution >= 4 is 148 Å². The summed E-state index contributed by atoms with van der Waals surface area (Å²) in [7, 11) is 7.38. The summed E-state index contributed by atoms with van der Waals surface area (Å²) >= 11 is 7.83.